The van der Waals surface area contributed by atoms with Crippen LogP contribution in [0.15, 0.2) is 66.7 Å². The molecule has 0 radical (unpaired) electrons. The van der Waals surface area contributed by atoms with Crippen molar-refractivity contribution in [2.45, 2.75) is 32.8 Å². The van der Waals surface area contributed by atoms with E-state index in [9.17, 15) is 14.4 Å². The molecule has 1 aliphatic rings. The number of carbonyl (C=O) groups excluding carboxylic acids is 3. The van der Waals surface area contributed by atoms with E-state index in [4.69, 9.17) is 32.9 Å². The molecule has 3 amide bonds. The third-order valence-corrected chi connectivity index (χ3v) is 8.90. The second kappa shape index (κ2) is 21.2. The molecule has 0 spiro atoms. The van der Waals surface area contributed by atoms with Crippen molar-refractivity contribution in [2.75, 3.05) is 43.5 Å². The van der Waals surface area contributed by atoms with E-state index in [0.29, 0.717) is 27.6 Å². The first-order valence-electron chi connectivity index (χ1n) is 15.5. The molecule has 2 heterocycles. The number of likely N-dealkylation sites (N-methyl/N-ethyl adjacent to an activating group) is 1. The van der Waals surface area contributed by atoms with E-state index < -0.39 is 5.91 Å². The quantitative estimate of drug-likeness (QED) is 0.156. The molecule has 4 aromatic rings. The zero-order valence-electron chi connectivity index (χ0n) is 28.2. The van der Waals surface area contributed by atoms with E-state index in [0.717, 1.165) is 40.9 Å². The van der Waals surface area contributed by atoms with Gasteiger partial charge in [0.25, 0.3) is 5.91 Å². The van der Waals surface area contributed by atoms with Crippen LogP contribution < -0.4 is 25.2 Å². The fourth-order valence-corrected chi connectivity index (χ4v) is 6.11. The lowest BCUT2D eigenvalue weighted by atomic mass is 10.1. The van der Waals surface area contributed by atoms with Crippen molar-refractivity contribution in [2.24, 2.45) is 0 Å². The van der Waals surface area contributed by atoms with Gasteiger partial charge in [0.15, 0.2) is 0 Å². The Hall–Kier alpha value is -3.44. The van der Waals surface area contributed by atoms with Crippen molar-refractivity contribution in [1.29, 1.82) is 0 Å². The summed E-state index contributed by atoms with van der Waals surface area (Å²) >= 11 is 13.4. The van der Waals surface area contributed by atoms with Crippen molar-refractivity contribution < 1.29 is 19.1 Å². The number of ether oxygens (including phenoxy) is 1. The maximum Gasteiger partial charge on any atom is 0.251 e. The highest BCUT2D eigenvalue weighted by atomic mass is 35.5. The Labute approximate surface area is 333 Å². The summed E-state index contributed by atoms with van der Waals surface area (Å²) in [7, 11) is 3.14. The topological polar surface area (TPSA) is 104 Å². The lowest BCUT2D eigenvalue weighted by Crippen LogP contribution is -2.37. The van der Waals surface area contributed by atoms with E-state index in [1.165, 1.54) is 30.2 Å². The number of aryl methyl sites for hydroxylation is 1. The predicted octanol–water partition coefficient (Wildman–Crippen LogP) is 8.26. The number of piperidine rings is 1. The minimum atomic E-state index is -0.444. The molecule has 0 unspecified atom stereocenters. The second-order valence-electron chi connectivity index (χ2n) is 11.3. The van der Waals surface area contributed by atoms with E-state index in [1.807, 2.05) is 19.1 Å². The van der Waals surface area contributed by atoms with Gasteiger partial charge in [0.2, 0.25) is 11.8 Å². The van der Waals surface area contributed by atoms with E-state index >= 15 is 0 Å². The zero-order valence-corrected chi connectivity index (χ0v) is 33.0. The molecule has 0 aliphatic carbocycles. The summed E-state index contributed by atoms with van der Waals surface area (Å²) in [4.78, 5) is 45.7. The molecule has 15 heteroatoms. The Morgan fingerprint density at radius 2 is 1.65 bits per heavy atom. The maximum atomic E-state index is 13.0. The van der Waals surface area contributed by atoms with Crippen molar-refractivity contribution in [1.82, 2.24) is 15.6 Å². The largest absolute Gasteiger partial charge is 0.487 e. The predicted molar refractivity (Wildman–Crippen MR) is 218 cm³/mol. The number of hydrogen-bond acceptors (Lipinski definition) is 6. The summed E-state index contributed by atoms with van der Waals surface area (Å²) in [5.74, 6) is -0.401. The fourth-order valence-electron chi connectivity index (χ4n) is 5.50. The standard InChI is InChI=1S/C36H37Cl2N5O4.4ClH/c1-23-20-30(43-18-5-4-6-19-43)26-8-7-9-31(35(26)41-23)47-22-27-28(37)15-16-29(34(27)38)42(3)33(45)21-40-32(44)17-12-24-10-13-25(14-11-24)36(46)39-2;;;;/h7-17,20H,4-6,18-19,21-22H2,1-3H3,(H,39,46)(H,40,44);4*1H/b17-12+;;;;. The third kappa shape index (κ3) is 11.3. The number of halogens is 6. The molecule has 1 aliphatic heterocycles. The molecular formula is C36H41Cl6N5O4. The van der Waals surface area contributed by atoms with Crippen molar-refractivity contribution >= 4 is 119 Å². The summed E-state index contributed by atoms with van der Waals surface area (Å²) in [6.07, 6.45) is 6.51. The highest BCUT2D eigenvalue weighted by Crippen LogP contribution is 2.37. The Bertz CT molecular complexity index is 1840. The molecule has 0 bridgehead atoms. The highest BCUT2D eigenvalue weighted by molar-refractivity contribution is 6.38. The number of amides is 3. The smallest absolute Gasteiger partial charge is 0.251 e. The summed E-state index contributed by atoms with van der Waals surface area (Å²) in [5.41, 5.74) is 5.05. The second-order valence-corrected chi connectivity index (χ2v) is 12.1. The van der Waals surface area contributed by atoms with Crippen LogP contribution in [0.2, 0.25) is 10.0 Å². The Kier molecular flexibility index (Phi) is 18.9. The summed E-state index contributed by atoms with van der Waals surface area (Å²) in [6.45, 7) is 3.84. The van der Waals surface area contributed by atoms with Gasteiger partial charge in [-0.1, -0.05) is 47.5 Å². The third-order valence-electron chi connectivity index (χ3n) is 8.12. The van der Waals surface area contributed by atoms with Crippen LogP contribution in [0.3, 0.4) is 0 Å². The van der Waals surface area contributed by atoms with Gasteiger partial charge in [-0.25, -0.2) is 4.98 Å². The highest BCUT2D eigenvalue weighted by Gasteiger charge is 2.21. The fraction of sp³-hybridized carbons (Fsp3) is 0.278. The van der Waals surface area contributed by atoms with Crippen LogP contribution in [0.4, 0.5) is 11.4 Å². The van der Waals surface area contributed by atoms with Gasteiger partial charge in [-0.3, -0.25) is 14.4 Å². The molecule has 1 aromatic heterocycles. The van der Waals surface area contributed by atoms with Crippen LogP contribution in [-0.2, 0) is 16.2 Å². The first kappa shape index (κ1) is 45.6. The summed E-state index contributed by atoms with van der Waals surface area (Å²) < 4.78 is 6.29. The van der Waals surface area contributed by atoms with Crippen LogP contribution >= 0.6 is 72.8 Å². The van der Waals surface area contributed by atoms with Crippen LogP contribution in [0.25, 0.3) is 17.0 Å². The minimum Gasteiger partial charge on any atom is -0.487 e. The Morgan fingerprint density at radius 3 is 2.31 bits per heavy atom. The van der Waals surface area contributed by atoms with Gasteiger partial charge in [0, 0.05) is 66.2 Å². The van der Waals surface area contributed by atoms with Gasteiger partial charge in [-0.05, 0) is 74.2 Å². The van der Waals surface area contributed by atoms with E-state index in [1.54, 1.807) is 56.6 Å². The number of fused-ring (bicyclic) bond motifs is 1. The molecule has 1 saturated heterocycles. The zero-order chi connectivity index (χ0) is 33.5. The van der Waals surface area contributed by atoms with Gasteiger partial charge in [0.05, 0.1) is 17.3 Å². The number of rotatable bonds is 10. The maximum absolute atomic E-state index is 13.0. The molecule has 51 heavy (non-hydrogen) atoms. The number of carbonyl (C=O) groups is 3. The van der Waals surface area contributed by atoms with Crippen molar-refractivity contribution in [3.63, 3.8) is 0 Å². The van der Waals surface area contributed by atoms with Crippen LogP contribution in [0.1, 0.15) is 46.4 Å². The van der Waals surface area contributed by atoms with Crippen molar-refractivity contribution in [3.05, 3.63) is 99.2 Å². The normalized spacial score (nSPS) is 12.1. The van der Waals surface area contributed by atoms with Gasteiger partial charge in [-0.2, -0.15) is 0 Å². The minimum absolute atomic E-state index is 0. The molecule has 2 N–H and O–H groups in total. The SMILES string of the molecule is CNC(=O)c1ccc(/C=C/C(=O)NCC(=O)N(C)c2ccc(Cl)c(COc3cccc4c(N5CCCCC5)cc(C)nc34)c2Cl)cc1.Cl.Cl.Cl.Cl. The first-order valence-corrected chi connectivity index (χ1v) is 16.2. The molecule has 5 rings (SSSR count). The van der Waals surface area contributed by atoms with Gasteiger partial charge in [0.1, 0.15) is 17.9 Å². The number of pyridine rings is 1. The van der Waals surface area contributed by atoms with Gasteiger partial charge in [-0.15, -0.1) is 49.6 Å². The number of nitrogens with one attached hydrogen (secondary N) is 2. The number of benzene rings is 3. The number of hydrogen-bond donors (Lipinski definition) is 2. The average Bonchev–Trinajstić information content (AvgIpc) is 3.09. The average molecular weight is 820 g/mol. The number of nitrogens with zero attached hydrogens (tertiary/aromatic N) is 3. The summed E-state index contributed by atoms with van der Waals surface area (Å²) in [5, 5.41) is 6.87. The van der Waals surface area contributed by atoms with Crippen LogP contribution in [0, 0.1) is 6.92 Å². The molecule has 0 atom stereocenters. The van der Waals surface area contributed by atoms with E-state index in [-0.39, 0.29) is 79.6 Å². The molecule has 276 valence electrons. The number of aromatic nitrogens is 1. The lowest BCUT2D eigenvalue weighted by Gasteiger charge is -2.30. The van der Waals surface area contributed by atoms with Gasteiger partial charge >= 0.3 is 0 Å². The molecular weight excluding hydrogens is 779 g/mol. The Morgan fingerprint density at radius 1 is 0.961 bits per heavy atom. The summed E-state index contributed by atoms with van der Waals surface area (Å²) in [6, 6.07) is 18.1. The molecule has 9 nitrogen and oxygen atoms in total. The number of anilines is 2. The number of para-hydroxylation sites is 1. The van der Waals surface area contributed by atoms with E-state index in [2.05, 4.69) is 27.7 Å². The van der Waals surface area contributed by atoms with Crippen molar-refractivity contribution in [3.8, 4) is 5.75 Å². The lowest BCUT2D eigenvalue weighted by molar-refractivity contribution is -0.122. The molecule has 3 aromatic carbocycles. The monoisotopic (exact) mass is 817 g/mol. The molecule has 0 saturated carbocycles. The Balaban J connectivity index is 0.00000325. The first-order chi connectivity index (χ1) is 22.7. The molecule has 1 fully saturated rings. The van der Waals surface area contributed by atoms with Crippen LogP contribution in [-0.4, -0.2) is 56.4 Å². The van der Waals surface area contributed by atoms with Crippen LogP contribution in [0.5, 0.6) is 5.75 Å². The van der Waals surface area contributed by atoms with Gasteiger partial charge < -0.3 is 25.2 Å².